The van der Waals surface area contributed by atoms with Gasteiger partial charge in [-0.3, -0.25) is 9.36 Å². The Morgan fingerprint density at radius 3 is 2.45 bits per heavy atom. The van der Waals surface area contributed by atoms with Crippen molar-refractivity contribution >= 4 is 58.3 Å². The third-order valence-corrected chi connectivity index (χ3v) is 8.49. The molecule has 1 N–H and O–H groups in total. The molecule has 0 radical (unpaired) electrons. The van der Waals surface area contributed by atoms with E-state index < -0.39 is 18.0 Å². The number of thiazole rings is 1. The zero-order chi connectivity index (χ0) is 31.0. The maximum Gasteiger partial charge on any atom is 0.338 e. The second kappa shape index (κ2) is 12.1. The molecule has 3 aromatic carbocycles. The SMILES string of the molecule is CCOC(=O)C1=C(c2ccccc2)N=c2s/c(=C\c3ccc(-c4ccc(C(=O)O)c(Cl)c4)o3)c(=O)n2[C@H]1c1ccc(Cl)cc1. The number of carbonyl (C=O) groups is 2. The molecule has 6 rings (SSSR count). The first-order valence-electron chi connectivity index (χ1n) is 13.4. The number of carboxylic acid groups (broad SMARTS) is 1. The molecule has 2 aromatic heterocycles. The summed E-state index contributed by atoms with van der Waals surface area (Å²) < 4.78 is 13.3. The summed E-state index contributed by atoms with van der Waals surface area (Å²) in [5.41, 5.74) is 2.21. The van der Waals surface area contributed by atoms with Crippen molar-refractivity contribution in [3.05, 3.63) is 143 Å². The first-order chi connectivity index (χ1) is 21.2. The van der Waals surface area contributed by atoms with Crippen molar-refractivity contribution in [3.63, 3.8) is 0 Å². The predicted molar refractivity (Wildman–Crippen MR) is 169 cm³/mol. The normalized spacial score (nSPS) is 14.7. The largest absolute Gasteiger partial charge is 0.478 e. The lowest BCUT2D eigenvalue weighted by Crippen LogP contribution is -2.39. The van der Waals surface area contributed by atoms with E-state index in [2.05, 4.69) is 0 Å². The Morgan fingerprint density at radius 1 is 1.02 bits per heavy atom. The van der Waals surface area contributed by atoms with Crippen LogP contribution in [0.15, 0.2) is 105 Å². The maximum atomic E-state index is 14.0. The number of hydrogen-bond acceptors (Lipinski definition) is 7. The molecule has 8 nitrogen and oxygen atoms in total. The number of esters is 1. The van der Waals surface area contributed by atoms with E-state index in [0.717, 1.165) is 0 Å². The number of ether oxygens (including phenoxy) is 1. The molecule has 3 heterocycles. The maximum absolute atomic E-state index is 14.0. The van der Waals surface area contributed by atoms with Crippen LogP contribution in [0, 0.1) is 0 Å². The minimum absolute atomic E-state index is 0.0180. The monoisotopic (exact) mass is 644 g/mol. The summed E-state index contributed by atoms with van der Waals surface area (Å²) in [6.07, 6.45) is 1.61. The van der Waals surface area contributed by atoms with Crippen molar-refractivity contribution in [1.82, 2.24) is 4.57 Å². The lowest BCUT2D eigenvalue weighted by atomic mass is 9.93. The highest BCUT2D eigenvalue weighted by atomic mass is 35.5. The zero-order valence-electron chi connectivity index (χ0n) is 23.0. The number of furan rings is 1. The van der Waals surface area contributed by atoms with Crippen LogP contribution < -0.4 is 14.9 Å². The van der Waals surface area contributed by atoms with Crippen molar-refractivity contribution in [2.24, 2.45) is 4.99 Å². The topological polar surface area (TPSA) is 111 Å². The Labute approximate surface area is 264 Å². The molecule has 1 aliphatic rings. The number of carbonyl (C=O) groups excluding carboxylic acids is 1. The summed E-state index contributed by atoms with van der Waals surface area (Å²) in [5.74, 6) is -0.874. The van der Waals surface area contributed by atoms with Crippen LogP contribution >= 0.6 is 34.5 Å². The number of fused-ring (bicyclic) bond motifs is 1. The smallest absolute Gasteiger partial charge is 0.338 e. The quantitative estimate of drug-likeness (QED) is 0.211. The molecule has 0 unspecified atom stereocenters. The van der Waals surface area contributed by atoms with Crippen LogP contribution in [0.2, 0.25) is 10.0 Å². The average Bonchev–Trinajstić information content (AvgIpc) is 3.61. The number of aromatic carboxylic acids is 1. The van der Waals surface area contributed by atoms with Gasteiger partial charge in [0.1, 0.15) is 11.5 Å². The van der Waals surface area contributed by atoms with Gasteiger partial charge in [0.2, 0.25) is 0 Å². The van der Waals surface area contributed by atoms with Crippen LogP contribution in [0.3, 0.4) is 0 Å². The fourth-order valence-corrected chi connectivity index (χ4v) is 6.33. The molecule has 0 spiro atoms. The van der Waals surface area contributed by atoms with Crippen LogP contribution in [0.5, 0.6) is 0 Å². The molecule has 0 amide bonds. The number of benzene rings is 3. The third kappa shape index (κ3) is 5.53. The van der Waals surface area contributed by atoms with Gasteiger partial charge in [0.05, 0.1) is 39.0 Å². The molecular formula is C33H22Cl2N2O6S. The standard InChI is InChI=1S/C33H22Cl2N2O6S/c1-2-42-32(41)27-28(18-6-4-3-5-7-18)36-33-37(29(27)19-8-11-21(34)12-9-19)30(38)26(44-33)17-22-13-15-25(43-22)20-10-14-23(31(39)40)24(35)16-20/h3-17,29H,2H2,1H3,(H,39,40)/b26-17-/t29-/m0/s1. The lowest BCUT2D eigenvalue weighted by Gasteiger charge is -2.25. The van der Waals surface area contributed by atoms with E-state index >= 15 is 0 Å². The van der Waals surface area contributed by atoms with Gasteiger partial charge < -0.3 is 14.3 Å². The van der Waals surface area contributed by atoms with E-state index in [4.69, 9.17) is 37.3 Å². The summed E-state index contributed by atoms with van der Waals surface area (Å²) in [6, 6.07) is 23.3. The molecule has 0 bridgehead atoms. The van der Waals surface area contributed by atoms with Gasteiger partial charge in [-0.05, 0) is 48.9 Å². The molecule has 11 heteroatoms. The van der Waals surface area contributed by atoms with Gasteiger partial charge in [0.25, 0.3) is 5.56 Å². The summed E-state index contributed by atoms with van der Waals surface area (Å²) >= 11 is 13.5. The van der Waals surface area contributed by atoms with Crippen molar-refractivity contribution < 1.29 is 23.8 Å². The predicted octanol–water partition coefficient (Wildman–Crippen LogP) is 6.20. The summed E-state index contributed by atoms with van der Waals surface area (Å²) in [5, 5.41) is 9.85. The first-order valence-corrected chi connectivity index (χ1v) is 15.0. The van der Waals surface area contributed by atoms with E-state index in [9.17, 15) is 19.5 Å². The number of aromatic nitrogens is 1. The molecule has 1 atom stereocenters. The number of carboxylic acids is 1. The van der Waals surface area contributed by atoms with Gasteiger partial charge in [-0.25, -0.2) is 14.6 Å². The Balaban J connectivity index is 1.52. The van der Waals surface area contributed by atoms with E-state index in [-0.39, 0.29) is 28.3 Å². The van der Waals surface area contributed by atoms with E-state index in [1.807, 2.05) is 30.3 Å². The molecule has 1 aliphatic heterocycles. The Bertz CT molecular complexity index is 2130. The Hall–Kier alpha value is -4.70. The Morgan fingerprint density at radius 2 is 1.77 bits per heavy atom. The molecule has 0 aliphatic carbocycles. The number of hydrogen-bond donors (Lipinski definition) is 1. The second-order valence-electron chi connectivity index (χ2n) is 9.68. The zero-order valence-corrected chi connectivity index (χ0v) is 25.3. The number of rotatable bonds is 7. The van der Waals surface area contributed by atoms with Gasteiger partial charge in [-0.2, -0.15) is 0 Å². The van der Waals surface area contributed by atoms with Crippen LogP contribution in [0.4, 0.5) is 0 Å². The highest BCUT2D eigenvalue weighted by Crippen LogP contribution is 2.35. The molecular weight excluding hydrogens is 623 g/mol. The van der Waals surface area contributed by atoms with E-state index in [1.54, 1.807) is 55.5 Å². The number of nitrogens with zero attached hydrogens (tertiary/aromatic N) is 2. The molecule has 0 saturated carbocycles. The van der Waals surface area contributed by atoms with Gasteiger partial charge in [-0.15, -0.1) is 0 Å². The van der Waals surface area contributed by atoms with Crippen LogP contribution in [-0.4, -0.2) is 28.2 Å². The van der Waals surface area contributed by atoms with Crippen LogP contribution in [0.25, 0.3) is 23.1 Å². The fraction of sp³-hybridized carbons (Fsp3) is 0.0909. The molecule has 220 valence electrons. The van der Waals surface area contributed by atoms with Crippen LogP contribution in [0.1, 0.15) is 40.2 Å². The molecule has 0 saturated heterocycles. The Kier molecular flexibility index (Phi) is 8.09. The fourth-order valence-electron chi connectivity index (χ4n) is 4.96. The van der Waals surface area contributed by atoms with Crippen molar-refractivity contribution in [3.8, 4) is 11.3 Å². The first kappa shape index (κ1) is 29.4. The van der Waals surface area contributed by atoms with Crippen molar-refractivity contribution in [2.45, 2.75) is 13.0 Å². The number of halogens is 2. The van der Waals surface area contributed by atoms with Gasteiger partial charge in [0, 0.05) is 22.2 Å². The third-order valence-electron chi connectivity index (χ3n) is 6.94. The molecule has 5 aromatic rings. The van der Waals surface area contributed by atoms with E-state index in [0.29, 0.717) is 48.3 Å². The van der Waals surface area contributed by atoms with Crippen molar-refractivity contribution in [2.75, 3.05) is 6.61 Å². The average molecular weight is 646 g/mol. The highest BCUT2D eigenvalue weighted by molar-refractivity contribution is 7.07. The minimum Gasteiger partial charge on any atom is -0.478 e. The van der Waals surface area contributed by atoms with Crippen molar-refractivity contribution in [1.29, 1.82) is 0 Å². The van der Waals surface area contributed by atoms with Gasteiger partial charge in [-0.1, -0.05) is 83.1 Å². The highest BCUT2D eigenvalue weighted by Gasteiger charge is 2.35. The van der Waals surface area contributed by atoms with Gasteiger partial charge >= 0.3 is 11.9 Å². The van der Waals surface area contributed by atoms with Gasteiger partial charge in [0.15, 0.2) is 4.80 Å². The summed E-state index contributed by atoms with van der Waals surface area (Å²) in [7, 11) is 0. The molecule has 44 heavy (non-hydrogen) atoms. The summed E-state index contributed by atoms with van der Waals surface area (Å²) in [6.45, 7) is 1.87. The van der Waals surface area contributed by atoms with Crippen LogP contribution in [-0.2, 0) is 9.53 Å². The molecule has 0 fully saturated rings. The minimum atomic E-state index is -1.13. The second-order valence-corrected chi connectivity index (χ2v) is 11.5. The summed E-state index contributed by atoms with van der Waals surface area (Å²) in [4.78, 5) is 44.1. The lowest BCUT2D eigenvalue weighted by molar-refractivity contribution is -0.138. The van der Waals surface area contributed by atoms with E-state index in [1.165, 1.54) is 28.0 Å².